The molecule has 2 aromatic rings. The quantitative estimate of drug-likeness (QED) is 0.501. The number of anilines is 1. The maximum absolute atomic E-state index is 11.5. The predicted molar refractivity (Wildman–Crippen MR) is 117 cm³/mol. The number of methoxy groups -OCH3 is 1. The summed E-state index contributed by atoms with van der Waals surface area (Å²) >= 11 is 0. The van der Waals surface area contributed by atoms with Crippen LogP contribution in [0.4, 0.5) is 11.4 Å². The van der Waals surface area contributed by atoms with E-state index in [1.54, 1.807) is 12.1 Å². The first kappa shape index (κ1) is 19.9. The van der Waals surface area contributed by atoms with E-state index in [2.05, 4.69) is 61.9 Å². The largest absolute Gasteiger partial charge is 0.465 e. The number of ether oxygens (including phenoxy) is 1. The van der Waals surface area contributed by atoms with Gasteiger partial charge in [-0.05, 0) is 74.7 Å². The highest BCUT2D eigenvalue weighted by atomic mass is 16.5. The fraction of sp³-hybridized carbons (Fsp3) is 0.333. The van der Waals surface area contributed by atoms with Crippen molar-refractivity contribution in [2.24, 2.45) is 4.99 Å². The van der Waals surface area contributed by atoms with Crippen molar-refractivity contribution in [2.45, 2.75) is 39.7 Å². The Kier molecular flexibility index (Phi) is 5.68. The highest BCUT2D eigenvalue weighted by molar-refractivity contribution is 5.90. The molecule has 146 valence electrons. The molecule has 0 radical (unpaired) electrons. The van der Waals surface area contributed by atoms with Crippen molar-refractivity contribution >= 4 is 29.1 Å². The molecule has 0 fully saturated rings. The second-order valence-corrected chi connectivity index (χ2v) is 7.71. The number of rotatable bonds is 5. The monoisotopic (exact) mass is 376 g/mol. The van der Waals surface area contributed by atoms with Crippen LogP contribution in [0.25, 0.3) is 5.57 Å². The fourth-order valence-electron chi connectivity index (χ4n) is 3.76. The van der Waals surface area contributed by atoms with Crippen molar-refractivity contribution in [3.8, 4) is 0 Å². The molecule has 0 atom stereocenters. The molecule has 1 aliphatic rings. The zero-order valence-electron chi connectivity index (χ0n) is 17.3. The summed E-state index contributed by atoms with van der Waals surface area (Å²) in [6.07, 6.45) is 5.32. The van der Waals surface area contributed by atoms with Gasteiger partial charge in [0, 0.05) is 24.0 Å². The molecular formula is C24H28N2O2. The Labute approximate surface area is 167 Å². The Morgan fingerprint density at radius 3 is 2.54 bits per heavy atom. The zero-order valence-corrected chi connectivity index (χ0v) is 17.3. The highest BCUT2D eigenvalue weighted by Gasteiger charge is 2.30. The number of allylic oxidation sites excluding steroid dienone is 1. The number of carbonyl (C=O) groups is 1. The van der Waals surface area contributed by atoms with E-state index >= 15 is 0 Å². The van der Waals surface area contributed by atoms with Crippen LogP contribution in [0, 0.1) is 0 Å². The van der Waals surface area contributed by atoms with Gasteiger partial charge in [0.25, 0.3) is 0 Å². The number of carbonyl (C=O) groups excluding carboxylic acids is 1. The topological polar surface area (TPSA) is 41.9 Å². The Morgan fingerprint density at radius 1 is 1.18 bits per heavy atom. The summed E-state index contributed by atoms with van der Waals surface area (Å²) in [6.45, 7) is 9.96. The molecule has 0 unspecified atom stereocenters. The van der Waals surface area contributed by atoms with Crippen LogP contribution in [-0.2, 0) is 4.74 Å². The average molecular weight is 377 g/mol. The van der Waals surface area contributed by atoms with E-state index in [1.165, 1.54) is 23.9 Å². The molecule has 4 heteroatoms. The highest BCUT2D eigenvalue weighted by Crippen LogP contribution is 2.39. The molecule has 1 aliphatic heterocycles. The van der Waals surface area contributed by atoms with E-state index in [4.69, 9.17) is 4.74 Å². The average Bonchev–Trinajstić information content (AvgIpc) is 2.69. The van der Waals surface area contributed by atoms with Gasteiger partial charge in [0.05, 0.1) is 23.9 Å². The number of fused-ring (bicyclic) bond motifs is 1. The molecule has 4 nitrogen and oxygen atoms in total. The van der Waals surface area contributed by atoms with Gasteiger partial charge in [-0.1, -0.05) is 19.1 Å². The van der Waals surface area contributed by atoms with Gasteiger partial charge in [-0.15, -0.1) is 0 Å². The lowest BCUT2D eigenvalue weighted by atomic mass is 9.88. The van der Waals surface area contributed by atoms with E-state index in [0.717, 1.165) is 24.2 Å². The number of benzene rings is 2. The lowest BCUT2D eigenvalue weighted by Crippen LogP contribution is -2.45. The van der Waals surface area contributed by atoms with Crippen LogP contribution in [0.3, 0.4) is 0 Å². The van der Waals surface area contributed by atoms with Gasteiger partial charge in [-0.25, -0.2) is 4.79 Å². The summed E-state index contributed by atoms with van der Waals surface area (Å²) in [7, 11) is 1.38. The van der Waals surface area contributed by atoms with E-state index in [1.807, 2.05) is 18.3 Å². The molecule has 0 aliphatic carbocycles. The first-order chi connectivity index (χ1) is 13.4. The third-order valence-electron chi connectivity index (χ3n) is 5.10. The number of hydrogen-bond acceptors (Lipinski definition) is 4. The van der Waals surface area contributed by atoms with Crippen LogP contribution >= 0.6 is 0 Å². The summed E-state index contributed by atoms with van der Waals surface area (Å²) in [5.74, 6) is -0.341. The van der Waals surface area contributed by atoms with Gasteiger partial charge < -0.3 is 9.64 Å². The third-order valence-corrected chi connectivity index (χ3v) is 5.10. The summed E-state index contributed by atoms with van der Waals surface area (Å²) < 4.78 is 4.72. The maximum atomic E-state index is 11.5. The van der Waals surface area contributed by atoms with Crippen LogP contribution < -0.4 is 4.90 Å². The van der Waals surface area contributed by atoms with Gasteiger partial charge >= 0.3 is 5.97 Å². The van der Waals surface area contributed by atoms with Gasteiger partial charge in [-0.2, -0.15) is 0 Å². The first-order valence-corrected chi connectivity index (χ1v) is 9.69. The first-order valence-electron chi connectivity index (χ1n) is 9.69. The van der Waals surface area contributed by atoms with Crippen LogP contribution in [0.5, 0.6) is 0 Å². The van der Waals surface area contributed by atoms with Crippen molar-refractivity contribution in [1.29, 1.82) is 0 Å². The van der Waals surface area contributed by atoms with Gasteiger partial charge in [-0.3, -0.25) is 4.99 Å². The minimum atomic E-state index is -0.341. The van der Waals surface area contributed by atoms with E-state index in [9.17, 15) is 4.79 Å². The molecule has 0 aromatic heterocycles. The van der Waals surface area contributed by atoms with Gasteiger partial charge in [0.1, 0.15) is 0 Å². The maximum Gasteiger partial charge on any atom is 0.337 e. The Morgan fingerprint density at radius 2 is 1.89 bits per heavy atom. The Balaban J connectivity index is 1.86. The van der Waals surface area contributed by atoms with E-state index < -0.39 is 0 Å². The summed E-state index contributed by atoms with van der Waals surface area (Å²) in [4.78, 5) is 18.5. The number of hydrogen-bond donors (Lipinski definition) is 0. The van der Waals surface area contributed by atoms with E-state index in [0.29, 0.717) is 5.56 Å². The standard InChI is InChI=1S/C24H28N2O2/c1-6-13-26-22-12-7-18(14-21(22)17(2)15-24(26,3)4)16-25-20-10-8-19(9-11-20)23(27)28-5/h7-12,14-16H,6,13H2,1-5H3. The zero-order chi connectivity index (χ0) is 20.3. The van der Waals surface area contributed by atoms with Crippen LogP contribution in [-0.4, -0.2) is 31.4 Å². The second kappa shape index (κ2) is 8.01. The number of esters is 1. The molecule has 28 heavy (non-hydrogen) atoms. The van der Waals surface area contributed by atoms with Gasteiger partial charge in [0.15, 0.2) is 0 Å². The van der Waals surface area contributed by atoms with Crippen LogP contribution in [0.1, 0.15) is 55.6 Å². The lowest BCUT2D eigenvalue weighted by Gasteiger charge is -2.43. The molecule has 1 heterocycles. The van der Waals surface area contributed by atoms with Crippen molar-refractivity contribution in [3.05, 3.63) is 65.2 Å². The van der Waals surface area contributed by atoms with E-state index in [-0.39, 0.29) is 11.5 Å². The molecule has 0 saturated carbocycles. The minimum absolute atomic E-state index is 0.0179. The molecule has 2 aromatic carbocycles. The lowest BCUT2D eigenvalue weighted by molar-refractivity contribution is 0.0601. The fourth-order valence-corrected chi connectivity index (χ4v) is 3.76. The van der Waals surface area contributed by atoms with Gasteiger partial charge in [0.2, 0.25) is 0 Å². The molecule has 0 N–H and O–H groups in total. The number of nitrogens with zero attached hydrogens (tertiary/aromatic N) is 2. The normalized spacial score (nSPS) is 15.3. The van der Waals surface area contributed by atoms with Crippen LogP contribution in [0.2, 0.25) is 0 Å². The Hall–Kier alpha value is -2.88. The van der Waals surface area contributed by atoms with Crippen molar-refractivity contribution in [3.63, 3.8) is 0 Å². The molecule has 0 amide bonds. The summed E-state index contributed by atoms with van der Waals surface area (Å²) in [5, 5.41) is 0. The van der Waals surface area contributed by atoms with Crippen molar-refractivity contribution in [1.82, 2.24) is 0 Å². The van der Waals surface area contributed by atoms with Crippen molar-refractivity contribution < 1.29 is 9.53 Å². The molecule has 3 rings (SSSR count). The summed E-state index contributed by atoms with van der Waals surface area (Å²) in [5.41, 5.74) is 6.24. The SMILES string of the molecule is CCCN1c2ccc(C=Nc3ccc(C(=O)OC)cc3)cc2C(C)=CC1(C)C. The molecule has 0 bridgehead atoms. The Bertz CT molecular complexity index is 924. The van der Waals surface area contributed by atoms with Crippen LogP contribution in [0.15, 0.2) is 53.5 Å². The molecule has 0 saturated heterocycles. The smallest absolute Gasteiger partial charge is 0.337 e. The van der Waals surface area contributed by atoms with Crippen molar-refractivity contribution in [2.75, 3.05) is 18.6 Å². The number of aliphatic imine (C=N–C) groups is 1. The molecular weight excluding hydrogens is 348 g/mol. The predicted octanol–water partition coefficient (Wildman–Crippen LogP) is 5.64. The second-order valence-electron chi connectivity index (χ2n) is 7.71. The minimum Gasteiger partial charge on any atom is -0.465 e. The third kappa shape index (κ3) is 4.01. The summed E-state index contributed by atoms with van der Waals surface area (Å²) in [6, 6.07) is 13.6. The molecule has 0 spiro atoms.